The minimum Gasteiger partial charge on any atom is -0.366 e. The Morgan fingerprint density at radius 2 is 2.05 bits per heavy atom. The lowest BCUT2D eigenvalue weighted by atomic mass is 10.1. The minimum atomic E-state index is -0.755. The van der Waals surface area contributed by atoms with Gasteiger partial charge in [-0.05, 0) is 18.2 Å². The van der Waals surface area contributed by atoms with Gasteiger partial charge in [-0.3, -0.25) is 9.59 Å². The largest absolute Gasteiger partial charge is 0.366 e. The van der Waals surface area contributed by atoms with Crippen LogP contribution in [0.5, 0.6) is 0 Å². The van der Waals surface area contributed by atoms with Crippen LogP contribution < -0.4 is 11.1 Å². The number of benzene rings is 1. The Hall–Kier alpha value is -1.34. The molecule has 1 fully saturated rings. The SMILES string of the molecule is [NH3+]CCN1CCO[C@@H](CC(=O)Nc2cc(Cl)cc(Cl)c2)C1=O. The van der Waals surface area contributed by atoms with Crippen LogP contribution in [0.4, 0.5) is 5.69 Å². The average molecular weight is 347 g/mol. The third-order valence-corrected chi connectivity index (χ3v) is 3.65. The summed E-state index contributed by atoms with van der Waals surface area (Å²) in [5.41, 5.74) is 4.22. The second kappa shape index (κ2) is 7.78. The van der Waals surface area contributed by atoms with Crippen LogP contribution in [-0.4, -0.2) is 49.1 Å². The van der Waals surface area contributed by atoms with Crippen molar-refractivity contribution in [3.8, 4) is 0 Å². The van der Waals surface area contributed by atoms with Gasteiger partial charge >= 0.3 is 0 Å². The van der Waals surface area contributed by atoms with E-state index < -0.39 is 6.10 Å². The maximum Gasteiger partial charge on any atom is 0.252 e. The molecule has 1 aromatic carbocycles. The molecular formula is C14H18Cl2N3O3+. The summed E-state index contributed by atoms with van der Waals surface area (Å²) >= 11 is 11.8. The molecular weight excluding hydrogens is 329 g/mol. The predicted octanol–water partition coefficient (Wildman–Crippen LogP) is 0.791. The summed E-state index contributed by atoms with van der Waals surface area (Å²) in [6, 6.07) is 4.75. The van der Waals surface area contributed by atoms with Crippen molar-refractivity contribution in [2.24, 2.45) is 0 Å². The number of rotatable bonds is 5. The number of hydrogen-bond acceptors (Lipinski definition) is 3. The summed E-state index contributed by atoms with van der Waals surface area (Å²) in [6.07, 6.45) is -0.800. The lowest BCUT2D eigenvalue weighted by Crippen LogP contribution is -2.58. The zero-order valence-electron chi connectivity index (χ0n) is 12.0. The van der Waals surface area contributed by atoms with E-state index in [1.165, 1.54) is 0 Å². The lowest BCUT2D eigenvalue weighted by molar-refractivity contribution is -0.368. The fraction of sp³-hybridized carbons (Fsp3) is 0.429. The van der Waals surface area contributed by atoms with Gasteiger partial charge in [0.05, 0.1) is 26.1 Å². The van der Waals surface area contributed by atoms with E-state index >= 15 is 0 Å². The van der Waals surface area contributed by atoms with Gasteiger partial charge < -0.3 is 20.7 Å². The number of amides is 2. The molecule has 8 heteroatoms. The highest BCUT2D eigenvalue weighted by Crippen LogP contribution is 2.23. The molecule has 1 aliphatic rings. The van der Waals surface area contributed by atoms with Gasteiger partial charge in [0.2, 0.25) is 5.91 Å². The van der Waals surface area contributed by atoms with Crippen molar-refractivity contribution >= 4 is 40.7 Å². The Morgan fingerprint density at radius 3 is 2.68 bits per heavy atom. The monoisotopic (exact) mass is 346 g/mol. The van der Waals surface area contributed by atoms with Crippen LogP contribution in [0.1, 0.15) is 6.42 Å². The number of quaternary nitrogens is 1. The fourth-order valence-corrected chi connectivity index (χ4v) is 2.78. The van der Waals surface area contributed by atoms with Crippen molar-refractivity contribution in [1.29, 1.82) is 0 Å². The number of carbonyl (C=O) groups is 2. The third-order valence-electron chi connectivity index (χ3n) is 3.21. The summed E-state index contributed by atoms with van der Waals surface area (Å²) in [6.45, 7) is 2.17. The van der Waals surface area contributed by atoms with Gasteiger partial charge in [0.15, 0.2) is 0 Å². The van der Waals surface area contributed by atoms with Gasteiger partial charge in [0, 0.05) is 22.3 Å². The summed E-state index contributed by atoms with van der Waals surface area (Å²) in [7, 11) is 0. The van der Waals surface area contributed by atoms with Gasteiger partial charge in [-0.25, -0.2) is 0 Å². The second-order valence-electron chi connectivity index (χ2n) is 4.95. The average Bonchev–Trinajstić information content (AvgIpc) is 2.42. The molecule has 22 heavy (non-hydrogen) atoms. The molecule has 1 saturated heterocycles. The van der Waals surface area contributed by atoms with Crippen LogP contribution in [-0.2, 0) is 14.3 Å². The molecule has 2 amide bonds. The quantitative estimate of drug-likeness (QED) is 0.826. The van der Waals surface area contributed by atoms with Crippen LogP contribution in [0.25, 0.3) is 0 Å². The van der Waals surface area contributed by atoms with E-state index in [2.05, 4.69) is 11.1 Å². The number of nitrogens with one attached hydrogen (secondary N) is 1. The van der Waals surface area contributed by atoms with Gasteiger partial charge in [0.1, 0.15) is 6.10 Å². The molecule has 1 aliphatic heterocycles. The van der Waals surface area contributed by atoms with E-state index in [4.69, 9.17) is 27.9 Å². The first-order chi connectivity index (χ1) is 10.5. The smallest absolute Gasteiger partial charge is 0.252 e. The lowest BCUT2D eigenvalue weighted by Gasteiger charge is -2.31. The molecule has 0 aromatic heterocycles. The molecule has 4 N–H and O–H groups in total. The number of anilines is 1. The van der Waals surface area contributed by atoms with E-state index in [1.807, 2.05) is 0 Å². The summed E-state index contributed by atoms with van der Waals surface area (Å²) < 4.78 is 5.40. The summed E-state index contributed by atoms with van der Waals surface area (Å²) in [4.78, 5) is 25.9. The van der Waals surface area contributed by atoms with Crippen molar-refractivity contribution in [2.75, 3.05) is 31.6 Å². The molecule has 1 heterocycles. The maximum absolute atomic E-state index is 12.2. The molecule has 0 bridgehead atoms. The van der Waals surface area contributed by atoms with E-state index in [9.17, 15) is 9.59 Å². The van der Waals surface area contributed by atoms with Crippen LogP contribution >= 0.6 is 23.2 Å². The molecule has 6 nitrogen and oxygen atoms in total. The van der Waals surface area contributed by atoms with Crippen molar-refractivity contribution in [3.63, 3.8) is 0 Å². The number of hydrogen-bond donors (Lipinski definition) is 2. The first kappa shape index (κ1) is 17.0. The van der Waals surface area contributed by atoms with Gasteiger partial charge in [-0.2, -0.15) is 0 Å². The van der Waals surface area contributed by atoms with Crippen molar-refractivity contribution in [3.05, 3.63) is 28.2 Å². The third kappa shape index (κ3) is 4.58. The molecule has 120 valence electrons. The standard InChI is InChI=1S/C14H17Cl2N3O3/c15-9-5-10(16)7-11(6-9)18-13(20)8-12-14(21)19(2-1-17)3-4-22-12/h5-7,12H,1-4,8,17H2,(H,18,20)/p+1/t12-/m0/s1. The van der Waals surface area contributed by atoms with Crippen molar-refractivity contribution in [2.45, 2.75) is 12.5 Å². The normalized spacial score (nSPS) is 18.4. The second-order valence-corrected chi connectivity index (χ2v) is 5.82. The van der Waals surface area contributed by atoms with Gasteiger partial charge in [-0.15, -0.1) is 0 Å². The molecule has 0 saturated carbocycles. The van der Waals surface area contributed by atoms with Crippen molar-refractivity contribution in [1.82, 2.24) is 4.90 Å². The molecule has 0 unspecified atom stereocenters. The summed E-state index contributed by atoms with van der Waals surface area (Å²) in [5.74, 6) is -0.498. The zero-order chi connectivity index (χ0) is 16.1. The molecule has 2 rings (SSSR count). The van der Waals surface area contributed by atoms with E-state index in [0.29, 0.717) is 42.0 Å². The topological polar surface area (TPSA) is 86.3 Å². The first-order valence-corrected chi connectivity index (χ1v) is 7.71. The van der Waals surface area contributed by atoms with Crippen LogP contribution in [0, 0.1) is 0 Å². The number of carbonyl (C=O) groups excluding carboxylic acids is 2. The van der Waals surface area contributed by atoms with E-state index in [1.54, 1.807) is 23.1 Å². The van der Waals surface area contributed by atoms with Crippen molar-refractivity contribution < 1.29 is 20.1 Å². The Bertz CT molecular complexity index is 546. The van der Waals surface area contributed by atoms with Crippen LogP contribution in [0.3, 0.4) is 0 Å². The molecule has 0 aliphatic carbocycles. The number of nitrogens with zero attached hydrogens (tertiary/aromatic N) is 1. The highest BCUT2D eigenvalue weighted by molar-refractivity contribution is 6.35. The molecule has 1 aromatic rings. The summed E-state index contributed by atoms with van der Waals surface area (Å²) in [5, 5.41) is 3.52. The van der Waals surface area contributed by atoms with Gasteiger partial charge in [0.25, 0.3) is 5.91 Å². The zero-order valence-corrected chi connectivity index (χ0v) is 13.5. The molecule has 1 atom stereocenters. The van der Waals surface area contributed by atoms with E-state index in [0.717, 1.165) is 0 Å². The first-order valence-electron chi connectivity index (χ1n) is 6.95. The Kier molecular flexibility index (Phi) is 6.02. The minimum absolute atomic E-state index is 0.0450. The van der Waals surface area contributed by atoms with Crippen LogP contribution in [0.2, 0.25) is 10.0 Å². The number of halogens is 2. The van der Waals surface area contributed by atoms with Gasteiger partial charge in [-0.1, -0.05) is 23.2 Å². The fourth-order valence-electron chi connectivity index (χ4n) is 2.26. The highest BCUT2D eigenvalue weighted by atomic mass is 35.5. The Labute approximate surface area is 138 Å². The maximum atomic E-state index is 12.2. The van der Waals surface area contributed by atoms with E-state index in [-0.39, 0.29) is 18.2 Å². The Balaban J connectivity index is 1.95. The predicted molar refractivity (Wildman–Crippen MR) is 83.8 cm³/mol. The molecule has 0 spiro atoms. The number of morpholine rings is 1. The Morgan fingerprint density at radius 1 is 1.36 bits per heavy atom. The highest BCUT2D eigenvalue weighted by Gasteiger charge is 2.31. The molecule has 0 radical (unpaired) electrons. The number of ether oxygens (including phenoxy) is 1. The van der Waals surface area contributed by atoms with Crippen LogP contribution in [0.15, 0.2) is 18.2 Å².